The van der Waals surface area contributed by atoms with Gasteiger partial charge in [0.25, 0.3) is 0 Å². The average molecular weight is 316 g/mol. The number of esters is 1. The van der Waals surface area contributed by atoms with Crippen LogP contribution in [-0.2, 0) is 4.74 Å². The Morgan fingerprint density at radius 1 is 1.00 bits per heavy atom. The van der Waals surface area contributed by atoms with Crippen molar-refractivity contribution in [1.29, 1.82) is 0 Å². The third kappa shape index (κ3) is 3.69. The fourth-order valence-corrected chi connectivity index (χ4v) is 2.13. The molecule has 0 bridgehead atoms. The van der Waals surface area contributed by atoms with Crippen LogP contribution in [0.25, 0.3) is 12.2 Å². The lowest BCUT2D eigenvalue weighted by Gasteiger charge is -2.12. The maximum Gasteiger partial charge on any atom is 0.342 e. The normalized spacial score (nSPS) is 10.6. The summed E-state index contributed by atoms with van der Waals surface area (Å²) in [6.45, 7) is 0. The third-order valence-corrected chi connectivity index (χ3v) is 3.30. The molecule has 120 valence electrons. The largest absolute Gasteiger partial charge is 0.497 e. The minimum atomic E-state index is -0.544. The monoisotopic (exact) mass is 316 g/mol. The number of ether oxygens (including phenoxy) is 3. The summed E-state index contributed by atoms with van der Waals surface area (Å²) < 4.78 is 29.0. The first-order valence-corrected chi connectivity index (χ1v) is 6.87. The summed E-state index contributed by atoms with van der Waals surface area (Å²) in [5, 5.41) is 0. The smallest absolute Gasteiger partial charge is 0.342 e. The van der Waals surface area contributed by atoms with Crippen molar-refractivity contribution in [2.75, 3.05) is 21.3 Å². The Balaban J connectivity index is 2.55. The molecule has 2 rings (SSSR count). The van der Waals surface area contributed by atoms with Crippen molar-refractivity contribution < 1.29 is 23.4 Å². The molecule has 0 spiro atoms. The van der Waals surface area contributed by atoms with Crippen LogP contribution in [-0.4, -0.2) is 27.3 Å². The summed E-state index contributed by atoms with van der Waals surface area (Å²) in [6.07, 6.45) is 3.20. The van der Waals surface area contributed by atoms with Gasteiger partial charge < -0.3 is 14.2 Å². The molecule has 0 aromatic heterocycles. The number of halogens is 1. The summed E-state index contributed by atoms with van der Waals surface area (Å²) in [4.78, 5) is 12.0. The highest BCUT2D eigenvalue weighted by atomic mass is 19.1. The number of methoxy groups -OCH3 is 3. The Kier molecular flexibility index (Phi) is 5.36. The Morgan fingerprint density at radius 3 is 2.30 bits per heavy atom. The van der Waals surface area contributed by atoms with Gasteiger partial charge in [-0.05, 0) is 17.7 Å². The first-order chi connectivity index (χ1) is 11.1. The minimum Gasteiger partial charge on any atom is -0.497 e. The molecule has 0 aliphatic rings. The Hall–Kier alpha value is -2.82. The predicted molar refractivity (Wildman–Crippen MR) is 86.2 cm³/mol. The zero-order chi connectivity index (χ0) is 16.8. The molecule has 0 N–H and O–H groups in total. The van der Waals surface area contributed by atoms with Crippen LogP contribution in [0.3, 0.4) is 0 Å². The molecule has 0 heterocycles. The van der Waals surface area contributed by atoms with Crippen molar-refractivity contribution in [3.63, 3.8) is 0 Å². The van der Waals surface area contributed by atoms with Crippen LogP contribution in [0, 0.1) is 5.82 Å². The van der Waals surface area contributed by atoms with Crippen molar-refractivity contribution in [3.8, 4) is 11.5 Å². The number of rotatable bonds is 5. The summed E-state index contributed by atoms with van der Waals surface area (Å²) >= 11 is 0. The van der Waals surface area contributed by atoms with E-state index in [4.69, 9.17) is 14.2 Å². The van der Waals surface area contributed by atoms with Crippen molar-refractivity contribution in [2.24, 2.45) is 0 Å². The lowest BCUT2D eigenvalue weighted by Crippen LogP contribution is -2.07. The summed E-state index contributed by atoms with van der Waals surface area (Å²) in [5.74, 6) is -0.0528. The third-order valence-electron chi connectivity index (χ3n) is 3.30. The quantitative estimate of drug-likeness (QED) is 0.622. The maximum absolute atomic E-state index is 13.7. The first-order valence-electron chi connectivity index (χ1n) is 6.87. The molecule has 2 aromatic carbocycles. The summed E-state index contributed by atoms with van der Waals surface area (Å²) in [7, 11) is 4.25. The van der Waals surface area contributed by atoms with Gasteiger partial charge in [0.15, 0.2) is 0 Å². The second kappa shape index (κ2) is 7.45. The van der Waals surface area contributed by atoms with E-state index in [1.165, 1.54) is 27.4 Å². The number of hydrogen-bond acceptors (Lipinski definition) is 4. The number of benzene rings is 2. The van der Waals surface area contributed by atoms with Gasteiger partial charge in [-0.3, -0.25) is 0 Å². The maximum atomic E-state index is 13.7. The van der Waals surface area contributed by atoms with Crippen LogP contribution in [0.1, 0.15) is 21.5 Å². The molecular formula is C18H17FO4. The molecule has 5 heteroatoms. The van der Waals surface area contributed by atoms with E-state index in [-0.39, 0.29) is 11.4 Å². The summed E-state index contributed by atoms with van der Waals surface area (Å²) in [6, 6.07) is 9.60. The van der Waals surface area contributed by atoms with Crippen LogP contribution in [0.4, 0.5) is 4.39 Å². The molecule has 23 heavy (non-hydrogen) atoms. The highest BCUT2D eigenvalue weighted by Crippen LogP contribution is 2.31. The molecule has 0 unspecified atom stereocenters. The van der Waals surface area contributed by atoms with Crippen LogP contribution in [0.15, 0.2) is 36.4 Å². The van der Waals surface area contributed by atoms with E-state index >= 15 is 0 Å². The zero-order valence-electron chi connectivity index (χ0n) is 13.1. The number of hydrogen-bond donors (Lipinski definition) is 0. The van der Waals surface area contributed by atoms with E-state index in [1.54, 1.807) is 42.5 Å². The van der Waals surface area contributed by atoms with E-state index in [1.807, 2.05) is 0 Å². The number of carbonyl (C=O) groups excluding carboxylic acids is 1. The number of carbonyl (C=O) groups is 1. The van der Waals surface area contributed by atoms with Gasteiger partial charge in [0.05, 0.1) is 21.3 Å². The second-order valence-electron chi connectivity index (χ2n) is 4.64. The van der Waals surface area contributed by atoms with Crippen LogP contribution >= 0.6 is 0 Å². The van der Waals surface area contributed by atoms with Gasteiger partial charge in [-0.2, -0.15) is 0 Å². The van der Waals surface area contributed by atoms with Gasteiger partial charge >= 0.3 is 5.97 Å². The van der Waals surface area contributed by atoms with Crippen LogP contribution < -0.4 is 9.47 Å². The standard InChI is InChI=1S/C18H17FO4/c1-21-14-10-13(9-8-12-6-4-5-7-15(12)19)17(18(20)23-3)16(11-14)22-2/h4-11H,1-3H3/b9-8+. The van der Waals surface area contributed by atoms with E-state index in [9.17, 15) is 9.18 Å². The fourth-order valence-electron chi connectivity index (χ4n) is 2.13. The van der Waals surface area contributed by atoms with Gasteiger partial charge in [0, 0.05) is 11.6 Å². The molecule has 0 atom stereocenters. The highest BCUT2D eigenvalue weighted by Gasteiger charge is 2.18. The molecule has 0 aliphatic heterocycles. The fraction of sp³-hybridized carbons (Fsp3) is 0.167. The van der Waals surface area contributed by atoms with Gasteiger partial charge in [0.2, 0.25) is 0 Å². The van der Waals surface area contributed by atoms with Crippen LogP contribution in [0.5, 0.6) is 11.5 Å². The van der Waals surface area contributed by atoms with E-state index in [0.29, 0.717) is 22.6 Å². The van der Waals surface area contributed by atoms with Gasteiger partial charge in [0.1, 0.15) is 22.9 Å². The highest BCUT2D eigenvalue weighted by molar-refractivity contribution is 5.98. The van der Waals surface area contributed by atoms with Crippen molar-refractivity contribution >= 4 is 18.1 Å². The minimum absolute atomic E-state index is 0.253. The topological polar surface area (TPSA) is 44.8 Å². The zero-order valence-corrected chi connectivity index (χ0v) is 13.1. The molecule has 0 saturated carbocycles. The Labute approximate surface area is 134 Å². The van der Waals surface area contributed by atoms with Gasteiger partial charge in [-0.1, -0.05) is 30.4 Å². The molecule has 0 radical (unpaired) electrons. The van der Waals surface area contributed by atoms with Crippen molar-refractivity contribution in [3.05, 3.63) is 58.9 Å². The van der Waals surface area contributed by atoms with E-state index < -0.39 is 5.97 Å². The Morgan fingerprint density at radius 2 is 1.70 bits per heavy atom. The molecule has 2 aromatic rings. The average Bonchev–Trinajstić information content (AvgIpc) is 2.59. The van der Waals surface area contributed by atoms with Crippen molar-refractivity contribution in [2.45, 2.75) is 0 Å². The molecule has 0 saturated heterocycles. The summed E-state index contributed by atoms with van der Waals surface area (Å²) in [5.41, 5.74) is 1.17. The SMILES string of the molecule is COC(=O)c1c(/C=C/c2ccccc2F)cc(OC)cc1OC. The molecule has 0 fully saturated rings. The van der Waals surface area contributed by atoms with E-state index in [0.717, 1.165) is 0 Å². The van der Waals surface area contributed by atoms with Crippen molar-refractivity contribution in [1.82, 2.24) is 0 Å². The predicted octanol–water partition coefficient (Wildman–Crippen LogP) is 3.80. The molecule has 4 nitrogen and oxygen atoms in total. The molecule has 0 amide bonds. The second-order valence-corrected chi connectivity index (χ2v) is 4.64. The Bertz CT molecular complexity index is 738. The van der Waals surface area contributed by atoms with Gasteiger partial charge in [-0.25, -0.2) is 9.18 Å². The molecular weight excluding hydrogens is 299 g/mol. The van der Waals surface area contributed by atoms with Gasteiger partial charge in [-0.15, -0.1) is 0 Å². The molecule has 0 aliphatic carbocycles. The van der Waals surface area contributed by atoms with E-state index in [2.05, 4.69) is 0 Å². The van der Waals surface area contributed by atoms with Crippen LogP contribution in [0.2, 0.25) is 0 Å². The lowest BCUT2D eigenvalue weighted by atomic mass is 10.0. The lowest BCUT2D eigenvalue weighted by molar-refractivity contribution is 0.0597. The first kappa shape index (κ1) is 16.5.